The van der Waals surface area contributed by atoms with Gasteiger partial charge in [-0.1, -0.05) is 24.3 Å². The third-order valence-corrected chi connectivity index (χ3v) is 7.32. The molecule has 37 heavy (non-hydrogen) atoms. The summed E-state index contributed by atoms with van der Waals surface area (Å²) in [5, 5.41) is 12.8. The molecule has 1 fully saturated rings. The average molecular weight is 506 g/mol. The summed E-state index contributed by atoms with van der Waals surface area (Å²) in [6.45, 7) is 5.98. The minimum atomic E-state index is -0.461. The fourth-order valence-electron chi connectivity index (χ4n) is 5.54. The van der Waals surface area contributed by atoms with Gasteiger partial charge in [0.1, 0.15) is 5.82 Å². The summed E-state index contributed by atoms with van der Waals surface area (Å²) in [4.78, 5) is 29.3. The van der Waals surface area contributed by atoms with Crippen molar-refractivity contribution in [2.75, 3.05) is 0 Å². The molecule has 0 bridgehead atoms. The molecule has 1 unspecified atom stereocenters. The summed E-state index contributed by atoms with van der Waals surface area (Å²) in [6, 6.07) is 14.4. The van der Waals surface area contributed by atoms with Crippen molar-refractivity contribution in [3.8, 4) is 0 Å². The lowest BCUT2D eigenvalue weighted by Crippen LogP contribution is -2.46. The van der Waals surface area contributed by atoms with Gasteiger partial charge in [-0.2, -0.15) is 0 Å². The zero-order chi connectivity index (χ0) is 26.6. The van der Waals surface area contributed by atoms with Crippen LogP contribution in [0.25, 0.3) is 10.9 Å². The molecule has 196 valence electrons. The number of hydrogen-bond donors (Lipinski definition) is 3. The van der Waals surface area contributed by atoms with Crippen molar-refractivity contribution in [2.24, 2.45) is 11.8 Å². The number of carbonyl (C=O) groups is 2. The van der Waals surface area contributed by atoms with E-state index in [9.17, 15) is 14.0 Å². The van der Waals surface area contributed by atoms with E-state index in [1.807, 2.05) is 51.1 Å². The molecule has 0 radical (unpaired) electrons. The van der Waals surface area contributed by atoms with Crippen molar-refractivity contribution in [3.63, 3.8) is 0 Å². The van der Waals surface area contributed by atoms with Crippen LogP contribution in [-0.2, 0) is 22.4 Å². The number of carbonyl (C=O) groups excluding carboxylic acids is 2. The molecule has 1 saturated carbocycles. The highest BCUT2D eigenvalue weighted by atomic mass is 19.1. The first-order chi connectivity index (χ1) is 17.6. The van der Waals surface area contributed by atoms with Gasteiger partial charge in [0.05, 0.1) is 11.9 Å². The summed E-state index contributed by atoms with van der Waals surface area (Å²) >= 11 is 0. The van der Waals surface area contributed by atoms with Crippen molar-refractivity contribution in [2.45, 2.75) is 70.8 Å². The number of benzene rings is 2. The Morgan fingerprint density at radius 1 is 1.03 bits per heavy atom. The van der Waals surface area contributed by atoms with E-state index >= 15 is 0 Å². The lowest BCUT2D eigenvalue weighted by molar-refractivity contribution is -0.129. The number of nitrogens with one attached hydrogen (secondary N) is 2. The lowest BCUT2D eigenvalue weighted by atomic mass is 9.71. The minimum Gasteiger partial charge on any atom is -0.351 e. The molecule has 1 heterocycles. The maximum Gasteiger partial charge on any atom is 0.247 e. The van der Waals surface area contributed by atoms with E-state index in [2.05, 4.69) is 10.3 Å². The fourth-order valence-corrected chi connectivity index (χ4v) is 5.54. The number of hydroxylamine groups is 1. The van der Waals surface area contributed by atoms with E-state index in [0.29, 0.717) is 12.3 Å². The van der Waals surface area contributed by atoms with Gasteiger partial charge in [0.15, 0.2) is 0 Å². The summed E-state index contributed by atoms with van der Waals surface area (Å²) < 4.78 is 14.0. The van der Waals surface area contributed by atoms with Crippen LogP contribution >= 0.6 is 0 Å². The van der Waals surface area contributed by atoms with Gasteiger partial charge in [-0.25, -0.2) is 9.87 Å². The molecule has 3 aromatic rings. The van der Waals surface area contributed by atoms with Crippen LogP contribution in [0.1, 0.15) is 69.1 Å². The van der Waals surface area contributed by atoms with Gasteiger partial charge < -0.3 is 5.32 Å². The lowest BCUT2D eigenvalue weighted by Gasteiger charge is -2.35. The molecular formula is C30H36FN3O3. The maximum atomic E-state index is 14.0. The number of amides is 2. The molecule has 6 nitrogen and oxygen atoms in total. The Morgan fingerprint density at radius 2 is 1.70 bits per heavy atom. The van der Waals surface area contributed by atoms with Gasteiger partial charge in [-0.15, -0.1) is 0 Å². The molecule has 1 aliphatic carbocycles. The highest BCUT2D eigenvalue weighted by molar-refractivity contribution is 5.83. The van der Waals surface area contributed by atoms with E-state index in [0.717, 1.165) is 53.3 Å². The Bertz CT molecular complexity index is 1250. The molecule has 0 saturated heterocycles. The second-order valence-corrected chi connectivity index (χ2v) is 11.3. The molecule has 2 aromatic carbocycles. The van der Waals surface area contributed by atoms with Crippen LogP contribution < -0.4 is 10.8 Å². The molecule has 7 heteroatoms. The normalized spacial score (nSPS) is 18.8. The van der Waals surface area contributed by atoms with E-state index in [-0.39, 0.29) is 35.5 Å². The summed E-state index contributed by atoms with van der Waals surface area (Å²) in [7, 11) is 0. The van der Waals surface area contributed by atoms with E-state index in [1.54, 1.807) is 23.8 Å². The second-order valence-electron chi connectivity index (χ2n) is 11.3. The van der Waals surface area contributed by atoms with Crippen molar-refractivity contribution in [1.29, 1.82) is 0 Å². The van der Waals surface area contributed by atoms with Crippen molar-refractivity contribution < 1.29 is 19.2 Å². The smallest absolute Gasteiger partial charge is 0.247 e. The zero-order valence-electron chi connectivity index (χ0n) is 21.8. The monoisotopic (exact) mass is 505 g/mol. The van der Waals surface area contributed by atoms with Crippen molar-refractivity contribution in [3.05, 3.63) is 77.2 Å². The molecule has 1 atom stereocenters. The number of rotatable bonds is 7. The standard InChI is InChI=1S/C30H36FN3O3/c1-30(2,3)33-29(36)25(16-19-4-6-20(7-5-19)17-28(35)34-37)22-10-8-21(9-11-22)24-14-15-32-27-13-12-23(31)18-26(24)27/h4-7,12-15,18,21-22,25,37H,8-11,16-17H2,1-3H3,(H,33,36)(H,34,35). The maximum absolute atomic E-state index is 14.0. The Hall–Kier alpha value is -3.32. The Kier molecular flexibility index (Phi) is 8.22. The van der Waals surface area contributed by atoms with Crippen LogP contribution in [0, 0.1) is 17.7 Å². The van der Waals surface area contributed by atoms with Gasteiger partial charge in [0.2, 0.25) is 11.8 Å². The molecule has 1 aromatic heterocycles. The van der Waals surface area contributed by atoms with Crippen molar-refractivity contribution >= 4 is 22.7 Å². The molecule has 0 aliphatic heterocycles. The van der Waals surface area contributed by atoms with Crippen LogP contribution in [0.5, 0.6) is 0 Å². The molecule has 0 spiro atoms. The second kappa shape index (κ2) is 11.4. The van der Waals surface area contributed by atoms with Crippen LogP contribution in [0.15, 0.2) is 54.7 Å². The van der Waals surface area contributed by atoms with E-state index < -0.39 is 5.91 Å². The largest absolute Gasteiger partial charge is 0.351 e. The van der Waals surface area contributed by atoms with Crippen LogP contribution in [0.4, 0.5) is 4.39 Å². The Balaban J connectivity index is 1.50. The number of aromatic nitrogens is 1. The van der Waals surface area contributed by atoms with E-state index in [1.165, 1.54) is 6.07 Å². The number of halogens is 1. The van der Waals surface area contributed by atoms with Crippen LogP contribution in [0.2, 0.25) is 0 Å². The predicted molar refractivity (Wildman–Crippen MR) is 142 cm³/mol. The Labute approximate surface area is 217 Å². The summed E-state index contributed by atoms with van der Waals surface area (Å²) in [5.74, 6) is -0.265. The predicted octanol–water partition coefficient (Wildman–Crippen LogP) is 5.47. The first-order valence-electron chi connectivity index (χ1n) is 13.0. The first kappa shape index (κ1) is 26.7. The highest BCUT2D eigenvalue weighted by Crippen LogP contribution is 2.41. The van der Waals surface area contributed by atoms with Crippen LogP contribution in [-0.4, -0.2) is 27.5 Å². The third kappa shape index (κ3) is 6.92. The topological polar surface area (TPSA) is 91.3 Å². The molecular weight excluding hydrogens is 469 g/mol. The van der Waals surface area contributed by atoms with Gasteiger partial charge >= 0.3 is 0 Å². The van der Waals surface area contributed by atoms with Crippen LogP contribution in [0.3, 0.4) is 0 Å². The van der Waals surface area contributed by atoms with Gasteiger partial charge in [-0.05, 0) is 106 Å². The van der Waals surface area contributed by atoms with Gasteiger partial charge in [0.25, 0.3) is 0 Å². The number of hydrogen-bond acceptors (Lipinski definition) is 4. The fraction of sp³-hybridized carbons (Fsp3) is 0.433. The van der Waals surface area contributed by atoms with Gasteiger partial charge in [-0.3, -0.25) is 19.8 Å². The summed E-state index contributed by atoms with van der Waals surface area (Å²) in [6.07, 6.45) is 6.23. The minimum absolute atomic E-state index is 0.0658. The molecule has 3 N–H and O–H groups in total. The molecule has 2 amide bonds. The Morgan fingerprint density at radius 3 is 2.35 bits per heavy atom. The SMILES string of the molecule is CC(C)(C)NC(=O)C(Cc1ccc(CC(=O)NO)cc1)C1CCC(c2ccnc3ccc(F)cc23)CC1. The average Bonchev–Trinajstić information content (AvgIpc) is 2.87. The summed E-state index contributed by atoms with van der Waals surface area (Å²) in [5.41, 5.74) is 5.12. The number of nitrogens with zero attached hydrogens (tertiary/aromatic N) is 1. The molecule has 4 rings (SSSR count). The number of fused-ring (bicyclic) bond motifs is 1. The number of pyridine rings is 1. The molecule has 1 aliphatic rings. The van der Waals surface area contributed by atoms with E-state index in [4.69, 9.17) is 5.21 Å². The quantitative estimate of drug-likeness (QED) is 0.293. The first-order valence-corrected chi connectivity index (χ1v) is 13.0. The van der Waals surface area contributed by atoms with Gasteiger partial charge in [0, 0.05) is 23.0 Å². The highest BCUT2D eigenvalue weighted by Gasteiger charge is 2.34. The zero-order valence-corrected chi connectivity index (χ0v) is 21.8. The third-order valence-electron chi connectivity index (χ3n) is 7.32. The van der Waals surface area contributed by atoms with Crippen molar-refractivity contribution in [1.82, 2.24) is 15.8 Å².